The monoisotopic (exact) mass is 296 g/mol. The van der Waals surface area contributed by atoms with Crippen LogP contribution in [0.2, 0.25) is 5.02 Å². The van der Waals surface area contributed by atoms with Gasteiger partial charge in [0.25, 0.3) is 0 Å². The molecule has 1 N–H and O–H groups in total. The lowest BCUT2D eigenvalue weighted by Crippen LogP contribution is -2.11. The average Bonchev–Trinajstić information content (AvgIpc) is 2.79. The van der Waals surface area contributed by atoms with Crippen molar-refractivity contribution in [2.75, 3.05) is 14.2 Å². The molecule has 1 aromatic heterocycles. The van der Waals surface area contributed by atoms with Crippen molar-refractivity contribution >= 4 is 22.9 Å². The highest BCUT2D eigenvalue weighted by atomic mass is 35.5. The first-order valence-electron chi connectivity index (χ1n) is 6.05. The topological polar surface area (TPSA) is 34.2 Å². The van der Waals surface area contributed by atoms with Crippen molar-refractivity contribution in [3.8, 4) is 17.0 Å². The molecule has 0 saturated carbocycles. The molecule has 0 fully saturated rings. The largest absolute Gasteiger partial charge is 0.495 e. The minimum absolute atomic E-state index is 0.266. The van der Waals surface area contributed by atoms with Crippen molar-refractivity contribution in [2.45, 2.75) is 19.9 Å². The standard InChI is InChI=1S/C14H17ClN2OS/c1-8(16-3)14-13(17-9(2)19-14)10-5-6-12(18-4)11(15)7-10/h5-8,16H,1-4H3. The van der Waals surface area contributed by atoms with Crippen molar-refractivity contribution in [3.63, 3.8) is 0 Å². The first-order chi connectivity index (χ1) is 9.06. The third kappa shape index (κ3) is 2.91. The molecule has 19 heavy (non-hydrogen) atoms. The summed E-state index contributed by atoms with van der Waals surface area (Å²) in [5.41, 5.74) is 2.01. The molecule has 0 aliphatic rings. The number of thiazole rings is 1. The van der Waals surface area contributed by atoms with Crippen LogP contribution in [-0.2, 0) is 0 Å². The fourth-order valence-corrected chi connectivity index (χ4v) is 3.16. The Hall–Kier alpha value is -1.10. The van der Waals surface area contributed by atoms with E-state index in [2.05, 4.69) is 17.2 Å². The molecule has 1 unspecified atom stereocenters. The minimum atomic E-state index is 0.266. The van der Waals surface area contributed by atoms with Crippen LogP contribution in [0.1, 0.15) is 22.9 Å². The Balaban J connectivity index is 2.49. The molecule has 5 heteroatoms. The number of rotatable bonds is 4. The molecule has 0 aliphatic carbocycles. The second-order valence-corrected chi connectivity index (χ2v) is 5.95. The van der Waals surface area contributed by atoms with Crippen LogP contribution in [0.15, 0.2) is 18.2 Å². The van der Waals surface area contributed by atoms with Gasteiger partial charge in [-0.3, -0.25) is 0 Å². The molecule has 3 nitrogen and oxygen atoms in total. The van der Waals surface area contributed by atoms with E-state index in [4.69, 9.17) is 16.3 Å². The Kier molecular flexibility index (Phi) is 4.45. The summed E-state index contributed by atoms with van der Waals surface area (Å²) in [7, 11) is 3.56. The van der Waals surface area contributed by atoms with Crippen molar-refractivity contribution in [1.29, 1.82) is 0 Å². The Labute approximate surface area is 122 Å². The van der Waals surface area contributed by atoms with E-state index in [0.29, 0.717) is 10.8 Å². The van der Waals surface area contributed by atoms with E-state index in [1.807, 2.05) is 32.2 Å². The zero-order valence-electron chi connectivity index (χ0n) is 11.5. The van der Waals surface area contributed by atoms with E-state index in [9.17, 15) is 0 Å². The minimum Gasteiger partial charge on any atom is -0.495 e. The maximum absolute atomic E-state index is 6.19. The number of ether oxygens (including phenoxy) is 1. The summed E-state index contributed by atoms with van der Waals surface area (Å²) in [6.45, 7) is 4.15. The molecule has 1 heterocycles. The molecule has 2 rings (SSSR count). The summed E-state index contributed by atoms with van der Waals surface area (Å²) in [6.07, 6.45) is 0. The number of benzene rings is 1. The van der Waals surface area contributed by atoms with Crippen LogP contribution in [0.4, 0.5) is 0 Å². The van der Waals surface area contributed by atoms with Crippen LogP contribution in [0, 0.1) is 6.92 Å². The average molecular weight is 297 g/mol. The summed E-state index contributed by atoms with van der Waals surface area (Å²) in [5.74, 6) is 0.681. The van der Waals surface area contributed by atoms with Gasteiger partial charge in [-0.2, -0.15) is 0 Å². The molecule has 1 aromatic carbocycles. The second kappa shape index (κ2) is 5.90. The summed E-state index contributed by atoms with van der Waals surface area (Å²) < 4.78 is 5.18. The lowest BCUT2D eigenvalue weighted by Gasteiger charge is -2.11. The SMILES string of the molecule is CNC(C)c1sc(C)nc1-c1ccc(OC)c(Cl)c1. The molecule has 2 aromatic rings. The molecule has 0 saturated heterocycles. The summed E-state index contributed by atoms with van der Waals surface area (Å²) in [5, 5.41) is 4.91. The molecule has 0 aliphatic heterocycles. The van der Waals surface area contributed by atoms with Gasteiger partial charge in [0.2, 0.25) is 0 Å². The van der Waals surface area contributed by atoms with Crippen LogP contribution in [-0.4, -0.2) is 19.1 Å². The normalized spacial score (nSPS) is 12.5. The van der Waals surface area contributed by atoms with Crippen LogP contribution in [0.3, 0.4) is 0 Å². The quantitative estimate of drug-likeness (QED) is 0.924. The Morgan fingerprint density at radius 2 is 2.16 bits per heavy atom. The fraction of sp³-hybridized carbons (Fsp3) is 0.357. The molecule has 0 spiro atoms. The van der Waals surface area contributed by atoms with Gasteiger partial charge in [-0.1, -0.05) is 11.6 Å². The van der Waals surface area contributed by atoms with E-state index in [1.165, 1.54) is 4.88 Å². The smallest absolute Gasteiger partial charge is 0.137 e. The van der Waals surface area contributed by atoms with E-state index in [-0.39, 0.29) is 6.04 Å². The lowest BCUT2D eigenvalue weighted by molar-refractivity contribution is 0.415. The van der Waals surface area contributed by atoms with Crippen molar-refractivity contribution in [2.24, 2.45) is 0 Å². The first-order valence-corrected chi connectivity index (χ1v) is 7.24. The first kappa shape index (κ1) is 14.3. The van der Waals surface area contributed by atoms with Gasteiger partial charge in [-0.25, -0.2) is 4.98 Å². The summed E-state index contributed by atoms with van der Waals surface area (Å²) in [4.78, 5) is 5.85. The number of aromatic nitrogens is 1. The number of methoxy groups -OCH3 is 1. The van der Waals surface area contributed by atoms with Gasteiger partial charge in [-0.15, -0.1) is 11.3 Å². The van der Waals surface area contributed by atoms with E-state index < -0.39 is 0 Å². The molecule has 0 amide bonds. The number of aryl methyl sites for hydroxylation is 1. The van der Waals surface area contributed by atoms with Gasteiger partial charge in [0.15, 0.2) is 0 Å². The molecule has 102 valence electrons. The molecule has 0 radical (unpaired) electrons. The van der Waals surface area contributed by atoms with Crippen molar-refractivity contribution < 1.29 is 4.74 Å². The number of nitrogens with one attached hydrogen (secondary N) is 1. The molecular formula is C14H17ClN2OS. The second-order valence-electron chi connectivity index (χ2n) is 4.31. The predicted octanol–water partition coefficient (Wildman–Crippen LogP) is 4.06. The summed E-state index contributed by atoms with van der Waals surface area (Å²) in [6, 6.07) is 6.04. The third-order valence-electron chi connectivity index (χ3n) is 3.01. The highest BCUT2D eigenvalue weighted by Crippen LogP contribution is 2.36. The Bertz CT molecular complexity index is 583. The maximum Gasteiger partial charge on any atom is 0.137 e. The van der Waals surface area contributed by atoms with E-state index in [1.54, 1.807) is 18.4 Å². The molecule has 1 atom stereocenters. The van der Waals surface area contributed by atoms with Gasteiger partial charge < -0.3 is 10.1 Å². The number of nitrogens with zero attached hydrogens (tertiary/aromatic N) is 1. The van der Waals surface area contributed by atoms with Crippen molar-refractivity contribution in [1.82, 2.24) is 10.3 Å². The van der Waals surface area contributed by atoms with Crippen LogP contribution in [0.25, 0.3) is 11.3 Å². The summed E-state index contributed by atoms with van der Waals surface area (Å²) >= 11 is 7.90. The fourth-order valence-electron chi connectivity index (χ4n) is 1.89. The lowest BCUT2D eigenvalue weighted by atomic mass is 10.1. The van der Waals surface area contributed by atoms with Crippen LogP contribution < -0.4 is 10.1 Å². The third-order valence-corrected chi connectivity index (χ3v) is 4.46. The van der Waals surface area contributed by atoms with Gasteiger partial charge >= 0.3 is 0 Å². The predicted molar refractivity (Wildman–Crippen MR) is 81.3 cm³/mol. The van der Waals surface area contributed by atoms with Crippen LogP contribution in [0.5, 0.6) is 5.75 Å². The van der Waals surface area contributed by atoms with Gasteiger partial charge in [0.1, 0.15) is 5.75 Å². The van der Waals surface area contributed by atoms with E-state index in [0.717, 1.165) is 16.3 Å². The van der Waals surface area contributed by atoms with Gasteiger partial charge in [-0.05, 0) is 39.1 Å². The number of hydrogen-bond donors (Lipinski definition) is 1. The van der Waals surface area contributed by atoms with Crippen molar-refractivity contribution in [3.05, 3.63) is 33.1 Å². The van der Waals surface area contributed by atoms with Gasteiger partial charge in [0, 0.05) is 16.5 Å². The highest BCUT2D eigenvalue weighted by Gasteiger charge is 2.16. The molecular weight excluding hydrogens is 280 g/mol. The number of hydrogen-bond acceptors (Lipinski definition) is 4. The maximum atomic E-state index is 6.19. The zero-order chi connectivity index (χ0) is 14.0. The number of halogens is 1. The van der Waals surface area contributed by atoms with Crippen LogP contribution >= 0.6 is 22.9 Å². The zero-order valence-corrected chi connectivity index (χ0v) is 13.0. The van der Waals surface area contributed by atoms with E-state index >= 15 is 0 Å². The van der Waals surface area contributed by atoms with Gasteiger partial charge in [0.05, 0.1) is 22.8 Å². The molecule has 0 bridgehead atoms. The Morgan fingerprint density at radius 1 is 1.42 bits per heavy atom. The highest BCUT2D eigenvalue weighted by molar-refractivity contribution is 7.12. The Morgan fingerprint density at radius 3 is 2.74 bits per heavy atom.